The van der Waals surface area contributed by atoms with Crippen molar-refractivity contribution in [1.29, 1.82) is 0 Å². The molecule has 4 rings (SSSR count). The van der Waals surface area contributed by atoms with Crippen molar-refractivity contribution in [3.05, 3.63) is 46.3 Å². The van der Waals surface area contributed by atoms with E-state index in [4.69, 9.17) is 16.3 Å². The lowest BCUT2D eigenvalue weighted by Gasteiger charge is -2.25. The second-order valence-corrected chi connectivity index (χ2v) is 8.67. The molecule has 5 N–H and O–H groups in total. The first-order valence-corrected chi connectivity index (χ1v) is 10.5. The zero-order chi connectivity index (χ0) is 24.1. The summed E-state index contributed by atoms with van der Waals surface area (Å²) in [6.45, 7) is 5.84. The first-order valence-electron chi connectivity index (χ1n) is 10.5. The Morgan fingerprint density at radius 3 is 2.65 bits per heavy atom. The minimum atomic E-state index is -1.49. The number of nitrogens with two attached hydrogens (primary N) is 2. The number of aromatic carboxylic acids is 1. The third-order valence-corrected chi connectivity index (χ3v) is 6.25. The van der Waals surface area contributed by atoms with Gasteiger partial charge in [-0.1, -0.05) is 24.7 Å². The molecule has 0 amide bonds. The average Bonchev–Trinajstić information content (AvgIpc) is 3.56. The van der Waals surface area contributed by atoms with Crippen LogP contribution in [-0.4, -0.2) is 47.6 Å². The highest BCUT2D eigenvalue weighted by molar-refractivity contribution is 6.02. The van der Waals surface area contributed by atoms with Crippen molar-refractivity contribution in [1.82, 2.24) is 4.57 Å². The summed E-state index contributed by atoms with van der Waals surface area (Å²) in [5, 5.41) is 13.0. The number of nitrogens with zero attached hydrogens (tertiary/aromatic N) is 3. The number of benzene rings is 1. The quantitative estimate of drug-likeness (QED) is 0.231. The Kier molecular flexibility index (Phi) is 6.90. The molecule has 1 aromatic heterocycles. The Morgan fingerprint density at radius 2 is 2.09 bits per heavy atom. The maximum atomic E-state index is 16.0. The van der Waals surface area contributed by atoms with Gasteiger partial charge < -0.3 is 30.9 Å². The number of carbonyl (C=O) groups is 1. The maximum absolute atomic E-state index is 16.0. The summed E-state index contributed by atoms with van der Waals surface area (Å²) in [5.74, 6) is -3.60. The predicted octanol–water partition coefficient (Wildman–Crippen LogP) is 2.66. The van der Waals surface area contributed by atoms with Gasteiger partial charge in [0.25, 0.3) is 0 Å². The molecule has 0 spiro atoms. The van der Waals surface area contributed by atoms with Gasteiger partial charge in [-0.3, -0.25) is 4.79 Å². The maximum Gasteiger partial charge on any atom is 0.341 e. The standard InChI is InChI=1S/C22H25F2N5O4.ClH/c1-3-6-33-27-13-8-28(10-22(13,2)9-25)19-15(23)17(26)14-18(16(19)24)29(11-4-5-11)7-12(20(14)30)21(31)32;/h3,7,11H,1,4-6,8-10,25-26H2,2H3,(H,31,32);1H. The fourth-order valence-electron chi connectivity index (χ4n) is 4.21. The van der Waals surface area contributed by atoms with E-state index < -0.39 is 50.8 Å². The van der Waals surface area contributed by atoms with Gasteiger partial charge >= 0.3 is 5.97 Å². The molecule has 0 radical (unpaired) electrons. The Hall–Kier alpha value is -3.18. The van der Waals surface area contributed by atoms with Crippen molar-refractivity contribution in [3.63, 3.8) is 0 Å². The van der Waals surface area contributed by atoms with E-state index in [1.807, 2.05) is 6.92 Å². The number of halogens is 3. The second-order valence-electron chi connectivity index (χ2n) is 8.67. The lowest BCUT2D eigenvalue weighted by atomic mass is 9.88. The molecule has 1 aliphatic heterocycles. The van der Waals surface area contributed by atoms with Gasteiger partial charge in [0, 0.05) is 30.7 Å². The minimum absolute atomic E-state index is 0. The summed E-state index contributed by atoms with van der Waals surface area (Å²) in [6, 6.07) is -0.198. The van der Waals surface area contributed by atoms with Crippen LogP contribution in [0, 0.1) is 17.0 Å². The number of hydrogen-bond acceptors (Lipinski definition) is 7. The van der Waals surface area contributed by atoms with E-state index in [2.05, 4.69) is 11.7 Å². The monoisotopic (exact) mass is 497 g/mol. The van der Waals surface area contributed by atoms with Crippen molar-refractivity contribution in [3.8, 4) is 0 Å². The number of oxime groups is 1. The van der Waals surface area contributed by atoms with Gasteiger partial charge in [0.05, 0.1) is 28.8 Å². The molecule has 184 valence electrons. The Bertz CT molecular complexity index is 1260. The number of carboxylic acid groups (broad SMARTS) is 1. The molecule has 2 fully saturated rings. The fraction of sp³-hybridized carbons (Fsp3) is 0.409. The highest BCUT2D eigenvalue weighted by Crippen LogP contribution is 2.43. The normalized spacial score (nSPS) is 21.1. The third-order valence-electron chi connectivity index (χ3n) is 6.25. The topological polar surface area (TPSA) is 136 Å². The summed E-state index contributed by atoms with van der Waals surface area (Å²) < 4.78 is 32.8. The van der Waals surface area contributed by atoms with Crippen molar-refractivity contribution in [2.75, 3.05) is 36.9 Å². The van der Waals surface area contributed by atoms with E-state index in [9.17, 15) is 14.7 Å². The van der Waals surface area contributed by atoms with Crippen LogP contribution in [0.4, 0.5) is 20.2 Å². The Balaban J connectivity index is 0.00000324. The van der Waals surface area contributed by atoms with Gasteiger partial charge in [-0.05, 0) is 12.8 Å². The zero-order valence-corrected chi connectivity index (χ0v) is 19.3. The summed E-state index contributed by atoms with van der Waals surface area (Å²) >= 11 is 0. The average molecular weight is 498 g/mol. The highest BCUT2D eigenvalue weighted by Gasteiger charge is 2.43. The van der Waals surface area contributed by atoms with E-state index in [-0.39, 0.29) is 50.2 Å². The van der Waals surface area contributed by atoms with Gasteiger partial charge in [0.2, 0.25) is 5.43 Å². The first-order chi connectivity index (χ1) is 15.6. The number of anilines is 2. The van der Waals surface area contributed by atoms with Gasteiger partial charge in [-0.15, -0.1) is 12.4 Å². The number of pyridine rings is 1. The number of aromatic nitrogens is 1. The summed E-state index contributed by atoms with van der Waals surface area (Å²) in [4.78, 5) is 31.0. The number of rotatable bonds is 7. The van der Waals surface area contributed by atoms with Gasteiger partial charge in [-0.2, -0.15) is 0 Å². The minimum Gasteiger partial charge on any atom is -0.477 e. The van der Waals surface area contributed by atoms with Crippen molar-refractivity contribution in [2.24, 2.45) is 16.3 Å². The van der Waals surface area contributed by atoms with E-state index in [0.717, 1.165) is 6.20 Å². The fourth-order valence-corrected chi connectivity index (χ4v) is 4.21. The van der Waals surface area contributed by atoms with Gasteiger partial charge in [0.15, 0.2) is 11.6 Å². The lowest BCUT2D eigenvalue weighted by molar-refractivity contribution is 0.0695. The molecule has 2 heterocycles. The molecule has 0 bridgehead atoms. The number of carboxylic acids is 1. The molecule has 12 heteroatoms. The molecular weight excluding hydrogens is 472 g/mol. The molecule has 1 atom stereocenters. The molecule has 2 aliphatic rings. The van der Waals surface area contributed by atoms with Crippen LogP contribution in [-0.2, 0) is 4.84 Å². The molecule has 1 unspecified atom stereocenters. The van der Waals surface area contributed by atoms with E-state index in [0.29, 0.717) is 18.6 Å². The largest absolute Gasteiger partial charge is 0.477 e. The molecule has 34 heavy (non-hydrogen) atoms. The van der Waals surface area contributed by atoms with Crippen LogP contribution in [0.5, 0.6) is 0 Å². The molecule has 1 saturated carbocycles. The van der Waals surface area contributed by atoms with Gasteiger partial charge in [0.1, 0.15) is 17.9 Å². The third kappa shape index (κ3) is 3.98. The number of nitrogen functional groups attached to an aromatic ring is 1. The molecule has 9 nitrogen and oxygen atoms in total. The van der Waals surface area contributed by atoms with Crippen molar-refractivity contribution in [2.45, 2.75) is 25.8 Å². The Morgan fingerprint density at radius 1 is 1.41 bits per heavy atom. The van der Waals surface area contributed by atoms with Crippen molar-refractivity contribution >= 4 is 46.4 Å². The smallest absolute Gasteiger partial charge is 0.341 e. The van der Waals surface area contributed by atoms with Crippen LogP contribution in [0.3, 0.4) is 0 Å². The molecule has 2 aromatic rings. The lowest BCUT2D eigenvalue weighted by Crippen LogP contribution is -2.36. The summed E-state index contributed by atoms with van der Waals surface area (Å²) in [7, 11) is 0. The number of hydrogen-bond donors (Lipinski definition) is 3. The molecule has 1 aliphatic carbocycles. The van der Waals surface area contributed by atoms with E-state index >= 15 is 8.78 Å². The van der Waals surface area contributed by atoms with Crippen LogP contribution in [0.25, 0.3) is 10.9 Å². The zero-order valence-electron chi connectivity index (χ0n) is 18.5. The van der Waals surface area contributed by atoms with Crippen LogP contribution < -0.4 is 21.8 Å². The molecule has 1 saturated heterocycles. The predicted molar refractivity (Wildman–Crippen MR) is 128 cm³/mol. The highest BCUT2D eigenvalue weighted by atomic mass is 35.5. The van der Waals surface area contributed by atoms with Crippen LogP contribution in [0.1, 0.15) is 36.2 Å². The molecule has 1 aromatic carbocycles. The van der Waals surface area contributed by atoms with E-state index in [1.54, 1.807) is 0 Å². The van der Waals surface area contributed by atoms with Crippen LogP contribution >= 0.6 is 12.4 Å². The molecular formula is C22H26ClF2N5O4. The van der Waals surface area contributed by atoms with Crippen molar-refractivity contribution < 1.29 is 23.5 Å². The van der Waals surface area contributed by atoms with Crippen LogP contribution in [0.2, 0.25) is 0 Å². The van der Waals surface area contributed by atoms with Gasteiger partial charge in [-0.25, -0.2) is 13.6 Å². The SMILES string of the molecule is C=CCON=C1CN(c2c(F)c(N)c3c(=O)c(C(=O)O)cn(C4CC4)c3c2F)CC1(C)CN.Cl. The summed E-state index contributed by atoms with van der Waals surface area (Å²) in [6.07, 6.45) is 3.98. The second kappa shape index (κ2) is 9.22. The van der Waals surface area contributed by atoms with E-state index in [1.165, 1.54) is 15.5 Å². The Labute approximate surface area is 200 Å². The summed E-state index contributed by atoms with van der Waals surface area (Å²) in [5.41, 5.74) is 8.90. The number of fused-ring (bicyclic) bond motifs is 1. The first kappa shape index (κ1) is 25.4. The van der Waals surface area contributed by atoms with Crippen LogP contribution in [0.15, 0.2) is 28.8 Å².